The molecule has 0 saturated heterocycles. The van der Waals surface area contributed by atoms with E-state index in [1.807, 2.05) is 14.1 Å². The van der Waals surface area contributed by atoms with E-state index in [4.69, 9.17) is 0 Å². The fourth-order valence-corrected chi connectivity index (χ4v) is 5.74. The molecule has 0 heterocycles. The highest BCUT2D eigenvalue weighted by molar-refractivity contribution is 9.09. The average Bonchev–Trinajstić information content (AvgIpc) is 2.87. The van der Waals surface area contributed by atoms with E-state index in [-0.39, 0.29) is 0 Å². The lowest BCUT2D eigenvalue weighted by Gasteiger charge is -2.09. The minimum atomic E-state index is 0.781. The van der Waals surface area contributed by atoms with E-state index in [2.05, 4.69) is 35.1 Å². The molecule has 1 nitrogen and oxygen atoms in total. The van der Waals surface area contributed by atoms with Gasteiger partial charge in [0.05, 0.1) is 0 Å². The van der Waals surface area contributed by atoms with E-state index in [9.17, 15) is 0 Å². The van der Waals surface area contributed by atoms with Crippen molar-refractivity contribution in [3.05, 3.63) is 0 Å². The van der Waals surface area contributed by atoms with Gasteiger partial charge in [-0.25, -0.2) is 0 Å². The van der Waals surface area contributed by atoms with Crippen LogP contribution in [0.25, 0.3) is 0 Å². The number of rotatable bonds is 29. The van der Waals surface area contributed by atoms with Gasteiger partial charge < -0.3 is 5.32 Å². The van der Waals surface area contributed by atoms with E-state index in [0.29, 0.717) is 0 Å². The number of hydrogen-bond donors (Lipinski definition) is 1. The molecule has 0 bridgehead atoms. The van der Waals surface area contributed by atoms with Gasteiger partial charge in [-0.05, 0) is 26.9 Å². The molecule has 0 amide bonds. The monoisotopic (exact) mass is 573 g/mol. The number of unbranched alkanes of at least 4 members (excludes halogenated alkanes) is 25. The summed E-state index contributed by atoms with van der Waals surface area (Å²) in [6.45, 7) is 4.61. The molecular formula is C34H72BrN. The zero-order chi connectivity index (χ0) is 26.8. The van der Waals surface area contributed by atoms with E-state index in [1.54, 1.807) is 0 Å². The molecule has 1 atom stereocenters. The Kier molecular flexibility index (Phi) is 40.3. The smallest absolute Gasteiger partial charge is 0.0145 e. The SMILES string of the molecule is CCCCCCCCCCCCCCCCCCCCC(Br)CCCCCCCCCCC.CNC. The van der Waals surface area contributed by atoms with Crippen LogP contribution >= 0.6 is 15.9 Å². The molecule has 0 aliphatic carbocycles. The van der Waals surface area contributed by atoms with Gasteiger partial charge in [-0.1, -0.05) is 203 Å². The molecule has 2 heteroatoms. The largest absolute Gasteiger partial charge is 0.323 e. The van der Waals surface area contributed by atoms with Crippen LogP contribution in [0.4, 0.5) is 0 Å². The summed E-state index contributed by atoms with van der Waals surface area (Å²) in [5.41, 5.74) is 0. The Labute approximate surface area is 239 Å². The predicted molar refractivity (Wildman–Crippen MR) is 173 cm³/mol. The van der Waals surface area contributed by atoms with E-state index in [1.165, 1.54) is 186 Å². The maximum Gasteiger partial charge on any atom is 0.0145 e. The van der Waals surface area contributed by atoms with Crippen molar-refractivity contribution < 1.29 is 0 Å². The van der Waals surface area contributed by atoms with Crippen LogP contribution in [0.5, 0.6) is 0 Å². The summed E-state index contributed by atoms with van der Waals surface area (Å²) in [6, 6.07) is 0. The molecule has 220 valence electrons. The van der Waals surface area contributed by atoms with Crippen molar-refractivity contribution in [2.45, 2.75) is 205 Å². The van der Waals surface area contributed by atoms with Crippen LogP contribution in [-0.4, -0.2) is 18.9 Å². The lowest BCUT2D eigenvalue weighted by atomic mass is 10.0. The number of alkyl halides is 1. The molecule has 1 unspecified atom stereocenters. The fourth-order valence-electron chi connectivity index (χ4n) is 5.09. The Hall–Kier alpha value is 0.440. The van der Waals surface area contributed by atoms with Gasteiger partial charge in [0.1, 0.15) is 0 Å². The Morgan fingerprint density at radius 3 is 0.722 bits per heavy atom. The Morgan fingerprint density at radius 2 is 0.528 bits per heavy atom. The van der Waals surface area contributed by atoms with Crippen molar-refractivity contribution in [1.29, 1.82) is 0 Å². The maximum absolute atomic E-state index is 3.94. The van der Waals surface area contributed by atoms with Gasteiger partial charge in [-0.15, -0.1) is 0 Å². The summed E-state index contributed by atoms with van der Waals surface area (Å²) >= 11 is 3.94. The van der Waals surface area contributed by atoms with Crippen LogP contribution < -0.4 is 5.32 Å². The average molecular weight is 575 g/mol. The molecule has 36 heavy (non-hydrogen) atoms. The van der Waals surface area contributed by atoms with Crippen LogP contribution in [0, 0.1) is 0 Å². The van der Waals surface area contributed by atoms with Gasteiger partial charge >= 0.3 is 0 Å². The van der Waals surface area contributed by atoms with Crippen LogP contribution in [0.2, 0.25) is 0 Å². The standard InChI is InChI=1S/C32H65Br.C2H7N/c1-3-5-7-9-11-13-14-15-16-17-18-19-20-21-23-25-27-29-31-32(33)30-28-26-24-22-12-10-8-6-4-2;1-3-2/h32H,3-31H2,1-2H3;3H,1-2H3. The van der Waals surface area contributed by atoms with E-state index < -0.39 is 0 Å². The van der Waals surface area contributed by atoms with Crippen molar-refractivity contribution in [2.24, 2.45) is 0 Å². The van der Waals surface area contributed by atoms with Crippen molar-refractivity contribution in [3.8, 4) is 0 Å². The third-order valence-corrected chi connectivity index (χ3v) is 8.41. The third kappa shape index (κ3) is 39.0. The van der Waals surface area contributed by atoms with Crippen LogP contribution in [-0.2, 0) is 0 Å². The molecular weight excluding hydrogens is 502 g/mol. The van der Waals surface area contributed by atoms with Gasteiger partial charge in [0.25, 0.3) is 0 Å². The number of hydrogen-bond acceptors (Lipinski definition) is 1. The summed E-state index contributed by atoms with van der Waals surface area (Å²) in [5, 5.41) is 2.75. The lowest BCUT2D eigenvalue weighted by Crippen LogP contribution is -1.97. The summed E-state index contributed by atoms with van der Waals surface area (Å²) in [5.74, 6) is 0. The van der Waals surface area contributed by atoms with Crippen molar-refractivity contribution in [2.75, 3.05) is 14.1 Å². The molecule has 0 spiro atoms. The summed E-state index contributed by atoms with van der Waals surface area (Å²) in [4.78, 5) is 0.781. The summed E-state index contributed by atoms with van der Waals surface area (Å²) in [6.07, 6.45) is 42.3. The van der Waals surface area contributed by atoms with Crippen LogP contribution in [0.1, 0.15) is 200 Å². The summed E-state index contributed by atoms with van der Waals surface area (Å²) in [7, 11) is 3.75. The zero-order valence-electron chi connectivity index (χ0n) is 26.0. The highest BCUT2D eigenvalue weighted by atomic mass is 79.9. The molecule has 0 aliphatic heterocycles. The molecule has 0 aliphatic rings. The van der Waals surface area contributed by atoms with Crippen molar-refractivity contribution >= 4 is 15.9 Å². The van der Waals surface area contributed by atoms with Gasteiger partial charge in [0, 0.05) is 4.83 Å². The van der Waals surface area contributed by atoms with E-state index >= 15 is 0 Å². The van der Waals surface area contributed by atoms with Crippen LogP contribution in [0.15, 0.2) is 0 Å². The Balaban J connectivity index is 0. The minimum absolute atomic E-state index is 0.781. The first-order valence-electron chi connectivity index (χ1n) is 16.9. The van der Waals surface area contributed by atoms with Gasteiger partial charge in [0.15, 0.2) is 0 Å². The number of halogens is 1. The van der Waals surface area contributed by atoms with Crippen LogP contribution in [0.3, 0.4) is 0 Å². The van der Waals surface area contributed by atoms with Crippen molar-refractivity contribution in [3.63, 3.8) is 0 Å². The van der Waals surface area contributed by atoms with E-state index in [0.717, 1.165) is 4.83 Å². The Bertz CT molecular complexity index is 346. The van der Waals surface area contributed by atoms with Gasteiger partial charge in [-0.3, -0.25) is 0 Å². The topological polar surface area (TPSA) is 12.0 Å². The molecule has 0 radical (unpaired) electrons. The molecule has 0 fully saturated rings. The highest BCUT2D eigenvalue weighted by Gasteiger charge is 2.04. The molecule has 0 aromatic rings. The number of nitrogens with one attached hydrogen (secondary N) is 1. The molecule has 0 aromatic carbocycles. The highest BCUT2D eigenvalue weighted by Crippen LogP contribution is 2.20. The van der Waals surface area contributed by atoms with Crippen molar-refractivity contribution in [1.82, 2.24) is 5.32 Å². The molecule has 0 saturated carbocycles. The quantitative estimate of drug-likeness (QED) is 0.0692. The first-order valence-corrected chi connectivity index (χ1v) is 17.9. The molecule has 1 N–H and O–H groups in total. The fraction of sp³-hybridized carbons (Fsp3) is 1.00. The lowest BCUT2D eigenvalue weighted by molar-refractivity contribution is 0.517. The van der Waals surface area contributed by atoms with Gasteiger partial charge in [-0.2, -0.15) is 0 Å². The second-order valence-electron chi connectivity index (χ2n) is 11.5. The van der Waals surface area contributed by atoms with Gasteiger partial charge in [0.2, 0.25) is 0 Å². The maximum atomic E-state index is 3.94. The minimum Gasteiger partial charge on any atom is -0.323 e. The second kappa shape index (κ2) is 37.6. The first-order chi connectivity index (χ1) is 17.7. The summed E-state index contributed by atoms with van der Waals surface area (Å²) < 4.78 is 0. The normalized spacial score (nSPS) is 11.9. The molecule has 0 rings (SSSR count). The molecule has 0 aromatic heterocycles. The third-order valence-electron chi connectivity index (χ3n) is 7.49. The zero-order valence-corrected chi connectivity index (χ0v) is 27.5. The Morgan fingerprint density at radius 1 is 0.361 bits per heavy atom. The second-order valence-corrected chi connectivity index (χ2v) is 12.8. The predicted octanol–water partition coefficient (Wildman–Crippen LogP) is 12.9. The first kappa shape index (κ1) is 38.6.